The van der Waals surface area contributed by atoms with E-state index in [-0.39, 0.29) is 0 Å². The minimum absolute atomic E-state index is 1.23. The average molecular weight is 819 g/mol. The summed E-state index contributed by atoms with van der Waals surface area (Å²) in [4.78, 5) is 0. The minimum atomic E-state index is 1.23. The van der Waals surface area contributed by atoms with Crippen LogP contribution in [-0.2, 0) is 0 Å². The third-order valence-corrected chi connectivity index (χ3v) is 15.9. The largest absolute Gasteiger partial charge is 0.135 e. The summed E-state index contributed by atoms with van der Waals surface area (Å²) in [6.45, 7) is 0. The van der Waals surface area contributed by atoms with Crippen LogP contribution in [0.3, 0.4) is 0 Å². The summed E-state index contributed by atoms with van der Waals surface area (Å²) in [6.07, 6.45) is 0. The highest BCUT2D eigenvalue weighted by Gasteiger charge is 2.25. The Kier molecular flexibility index (Phi) is 7.24. The van der Waals surface area contributed by atoms with Gasteiger partial charge in [-0.25, -0.2) is 0 Å². The lowest BCUT2D eigenvalue weighted by Gasteiger charge is -2.25. The van der Waals surface area contributed by atoms with Gasteiger partial charge in [-0.3, -0.25) is 0 Å². The predicted octanol–water partition coefficient (Wildman–Crippen LogP) is 18.2. The Labute approximate surface area is 366 Å². The quantitative estimate of drug-likeness (QED) is 0.152. The Morgan fingerprint density at radius 2 is 0.516 bits per heavy atom. The van der Waals surface area contributed by atoms with E-state index in [1.807, 2.05) is 22.7 Å². The summed E-state index contributed by atoms with van der Waals surface area (Å²) in [5, 5.41) is 13.0. The van der Waals surface area contributed by atoms with Crippen LogP contribution in [0, 0.1) is 0 Å². The van der Waals surface area contributed by atoms with E-state index >= 15 is 0 Å². The van der Waals surface area contributed by atoms with Gasteiger partial charge in [0.05, 0.1) is 0 Å². The van der Waals surface area contributed by atoms with E-state index in [0.717, 1.165) is 0 Å². The van der Waals surface area contributed by atoms with Crippen molar-refractivity contribution in [1.82, 2.24) is 0 Å². The number of hydrogen-bond acceptors (Lipinski definition) is 2. The molecule has 0 unspecified atom stereocenters. The van der Waals surface area contributed by atoms with Crippen molar-refractivity contribution in [2.45, 2.75) is 0 Å². The molecule has 11 aromatic carbocycles. The summed E-state index contributed by atoms with van der Waals surface area (Å²) in [6, 6.07) is 77.8. The molecule has 0 saturated carbocycles. The fourth-order valence-corrected chi connectivity index (χ4v) is 13.1. The first-order valence-electron chi connectivity index (χ1n) is 21.3. The van der Waals surface area contributed by atoms with Gasteiger partial charge >= 0.3 is 0 Å². The fraction of sp³-hybridized carbons (Fsp3) is 0. The number of hydrogen-bond donors (Lipinski definition) is 0. The van der Waals surface area contributed by atoms with Crippen LogP contribution in [0.5, 0.6) is 0 Å². The number of benzene rings is 11. The normalized spacial score (nSPS) is 12.2. The van der Waals surface area contributed by atoms with Gasteiger partial charge in [0.25, 0.3) is 0 Å². The third kappa shape index (κ3) is 4.88. The molecule has 2 heteroatoms. The zero-order valence-corrected chi connectivity index (χ0v) is 35.1. The molecule has 1 aliphatic rings. The molecule has 2 aromatic heterocycles. The van der Waals surface area contributed by atoms with E-state index in [9.17, 15) is 0 Å². The molecular weight excluding hydrogens is 785 g/mol. The van der Waals surface area contributed by atoms with Crippen molar-refractivity contribution < 1.29 is 0 Å². The molecule has 286 valence electrons. The Bertz CT molecular complexity index is 4050. The predicted molar refractivity (Wildman–Crippen MR) is 271 cm³/mol. The highest BCUT2D eigenvalue weighted by molar-refractivity contribution is 7.26. The molecule has 0 aliphatic heterocycles. The van der Waals surface area contributed by atoms with E-state index in [2.05, 4.69) is 206 Å². The van der Waals surface area contributed by atoms with Gasteiger partial charge in [-0.2, -0.15) is 0 Å². The highest BCUT2D eigenvalue weighted by Crippen LogP contribution is 2.53. The van der Waals surface area contributed by atoms with E-state index < -0.39 is 0 Å². The van der Waals surface area contributed by atoms with Crippen LogP contribution in [0.1, 0.15) is 0 Å². The lowest BCUT2D eigenvalue weighted by atomic mass is 9.78. The SMILES string of the molecule is c1ccc2c(c1)-c1ccc(-c3cccc4c3sc3ccccc34)cc1-c1ccc(-c3cccc4c3sc3ccccc34)cc1-c1cc3c4ccccc4c4ccccc4c3cc1-2. The highest BCUT2D eigenvalue weighted by atomic mass is 32.1. The van der Waals surface area contributed by atoms with Crippen molar-refractivity contribution >= 4 is 95.3 Å². The maximum atomic E-state index is 2.52. The van der Waals surface area contributed by atoms with E-state index in [1.54, 1.807) is 0 Å². The minimum Gasteiger partial charge on any atom is -0.135 e. The van der Waals surface area contributed by atoms with Crippen molar-refractivity contribution in [2.75, 3.05) is 0 Å². The Morgan fingerprint density at radius 3 is 1.03 bits per heavy atom. The smallest absolute Gasteiger partial charge is 0.0433 e. The van der Waals surface area contributed by atoms with Crippen molar-refractivity contribution in [1.29, 1.82) is 0 Å². The molecule has 1 aliphatic carbocycles. The standard InChI is InChI=1S/C60H34S2/c1-4-16-42-39(13-1)40-14-2-5-17-43(40)54-34-56-52-32-36(38-22-12-24-50-48-20-8-10-26-58(48)62-60(38)50)28-30-46(52)51-31-35(37-21-11-23-49-47-19-7-9-25-57(47)61-59(37)49)27-29-45(51)41-15-3-6-18-44(41)55(56)33-53(42)54/h1-34H. The van der Waals surface area contributed by atoms with Gasteiger partial charge in [-0.05, 0) is 135 Å². The second-order valence-electron chi connectivity index (χ2n) is 16.7. The van der Waals surface area contributed by atoms with Crippen LogP contribution in [0.15, 0.2) is 206 Å². The third-order valence-electron chi connectivity index (χ3n) is 13.4. The van der Waals surface area contributed by atoms with Crippen molar-refractivity contribution in [3.05, 3.63) is 206 Å². The van der Waals surface area contributed by atoms with Crippen molar-refractivity contribution in [3.63, 3.8) is 0 Å². The maximum Gasteiger partial charge on any atom is 0.0433 e. The molecule has 0 saturated heterocycles. The van der Waals surface area contributed by atoms with E-state index in [1.165, 1.54) is 139 Å². The summed E-state index contributed by atoms with van der Waals surface area (Å²) in [7, 11) is 0. The van der Waals surface area contributed by atoms with Gasteiger partial charge in [-0.1, -0.05) is 170 Å². The number of thiophene rings is 2. The van der Waals surface area contributed by atoms with Crippen LogP contribution < -0.4 is 0 Å². The molecule has 0 nitrogen and oxygen atoms in total. The molecule has 2 heterocycles. The van der Waals surface area contributed by atoms with Crippen LogP contribution >= 0.6 is 22.7 Å². The Balaban J connectivity index is 1.11. The van der Waals surface area contributed by atoms with Crippen LogP contribution in [0.4, 0.5) is 0 Å². The first-order valence-corrected chi connectivity index (χ1v) is 23.0. The monoisotopic (exact) mass is 818 g/mol. The molecule has 0 spiro atoms. The van der Waals surface area contributed by atoms with Gasteiger partial charge in [0, 0.05) is 40.3 Å². The van der Waals surface area contributed by atoms with E-state index in [4.69, 9.17) is 0 Å². The lowest BCUT2D eigenvalue weighted by molar-refractivity contribution is 1.53. The van der Waals surface area contributed by atoms with Gasteiger partial charge < -0.3 is 0 Å². The Morgan fingerprint density at radius 1 is 0.194 bits per heavy atom. The second kappa shape index (κ2) is 13.1. The van der Waals surface area contributed by atoms with Crippen LogP contribution in [0.2, 0.25) is 0 Å². The molecule has 0 fully saturated rings. The zero-order chi connectivity index (χ0) is 40.5. The molecule has 0 bridgehead atoms. The zero-order valence-electron chi connectivity index (χ0n) is 33.4. The first-order chi connectivity index (χ1) is 30.7. The van der Waals surface area contributed by atoms with Crippen LogP contribution in [-0.4, -0.2) is 0 Å². The summed E-state index contributed by atoms with van der Waals surface area (Å²) >= 11 is 3.80. The molecule has 14 rings (SSSR count). The molecular formula is C60H34S2. The summed E-state index contributed by atoms with van der Waals surface area (Å²) in [5.74, 6) is 0. The Hall–Kier alpha value is -7.36. The van der Waals surface area contributed by atoms with Crippen molar-refractivity contribution in [3.8, 4) is 66.8 Å². The summed E-state index contributed by atoms with van der Waals surface area (Å²) in [5.41, 5.74) is 15.1. The molecule has 0 atom stereocenters. The van der Waals surface area contributed by atoms with Gasteiger partial charge in [0.2, 0.25) is 0 Å². The second-order valence-corrected chi connectivity index (χ2v) is 18.8. The number of fused-ring (bicyclic) bond motifs is 20. The molecule has 62 heavy (non-hydrogen) atoms. The molecule has 0 N–H and O–H groups in total. The van der Waals surface area contributed by atoms with Gasteiger partial charge in [-0.15, -0.1) is 22.7 Å². The maximum absolute atomic E-state index is 2.52. The van der Waals surface area contributed by atoms with Gasteiger partial charge in [0.15, 0.2) is 0 Å². The first kappa shape index (κ1) is 34.4. The molecule has 13 aromatic rings. The average Bonchev–Trinajstić information content (AvgIpc) is 3.92. The molecule has 0 radical (unpaired) electrons. The van der Waals surface area contributed by atoms with E-state index in [0.29, 0.717) is 0 Å². The molecule has 0 amide bonds. The topological polar surface area (TPSA) is 0 Å². The van der Waals surface area contributed by atoms with Crippen molar-refractivity contribution in [2.24, 2.45) is 0 Å². The van der Waals surface area contributed by atoms with Crippen LogP contribution in [0.25, 0.3) is 139 Å². The van der Waals surface area contributed by atoms with Gasteiger partial charge in [0.1, 0.15) is 0 Å². The fourth-order valence-electron chi connectivity index (χ4n) is 10.6. The summed E-state index contributed by atoms with van der Waals surface area (Å²) < 4.78 is 5.32. The lowest BCUT2D eigenvalue weighted by Crippen LogP contribution is -1.99. The number of rotatable bonds is 2.